The summed E-state index contributed by atoms with van der Waals surface area (Å²) in [7, 11) is 0. The molecule has 0 nitrogen and oxygen atoms in total. The van der Waals surface area contributed by atoms with Crippen LogP contribution in [0.4, 0.5) is 0 Å². The zero-order valence-electron chi connectivity index (χ0n) is 50.2. The minimum absolute atomic E-state index is 0.491. The van der Waals surface area contributed by atoms with Crippen molar-refractivity contribution in [2.75, 3.05) is 0 Å². The Morgan fingerprint density at radius 1 is 0.409 bits per heavy atom. The van der Waals surface area contributed by atoms with E-state index in [2.05, 4.69) is 0 Å². The maximum atomic E-state index is 9.84. The van der Waals surface area contributed by atoms with E-state index in [1.807, 2.05) is 0 Å². The predicted molar refractivity (Wildman–Crippen MR) is 190 cm³/mol. The lowest BCUT2D eigenvalue weighted by Crippen LogP contribution is -2.15. The van der Waals surface area contributed by atoms with Gasteiger partial charge in [0.05, 0.1) is 38.4 Å². The van der Waals surface area contributed by atoms with E-state index in [1.54, 1.807) is 0 Å². The highest BCUT2D eigenvalue weighted by Crippen LogP contribution is 2.47. The third-order valence-corrected chi connectivity index (χ3v) is 7.42. The van der Waals surface area contributed by atoms with Gasteiger partial charge in [0.15, 0.2) is 0 Å². The minimum Gasteiger partial charge on any atom is -0.0767 e. The lowest BCUT2D eigenvalue weighted by molar-refractivity contribution is 0.679. The Labute approximate surface area is 296 Å². The van der Waals surface area contributed by atoms with Gasteiger partial charge in [-0.3, -0.25) is 0 Å². The molecule has 2 aliphatic rings. The summed E-state index contributed by atoms with van der Waals surface area (Å²) in [6, 6.07) is -25.7. The standard InChI is InChI=1S/C44H30/c1-4-17-36-29(11-1)13-10-22-38(36)44-41-20-7-5-18-39(41)43(40-19-6-8-21-42(40)44)34-15-9-14-31(28-34)32-25-26-37-33(27-32)24-23-30-12-2-3-16-35(30)37/h1-29,36H/i1D,2D,3D,4D,5D,6D,7D,8D,9D,10D,11D,12D,13D,14D,15D,16D,17D,18D,19D,20D,21D,22D,23D,24D,25D,26D,27D,28D. The van der Waals surface area contributed by atoms with E-state index in [0.29, 0.717) is 0 Å². The topological polar surface area (TPSA) is 0 Å². The van der Waals surface area contributed by atoms with Crippen molar-refractivity contribution in [3.63, 3.8) is 0 Å². The molecule has 2 unspecified atom stereocenters. The molecule has 0 radical (unpaired) electrons. The molecule has 0 bridgehead atoms. The van der Waals surface area contributed by atoms with E-state index >= 15 is 0 Å². The van der Waals surface area contributed by atoms with Gasteiger partial charge in [-0.05, 0) is 88.6 Å². The Balaban J connectivity index is 1.55. The van der Waals surface area contributed by atoms with Crippen LogP contribution in [-0.4, -0.2) is 0 Å². The first-order chi connectivity index (χ1) is 33.5. The monoisotopic (exact) mass is 586 g/mol. The highest BCUT2D eigenvalue weighted by atomic mass is 14.3. The molecular formula is C44H30. The summed E-state index contributed by atoms with van der Waals surface area (Å²) in [5, 5.41) is -5.14. The molecule has 0 aromatic heterocycles. The SMILES string of the molecule is [2H]C1=C([2H])C2C([2H])=C([2H])C([2H])=C(c3c4c([2H])c([2H])c([2H])c([2H])c4c(-c4c([2H])c([2H])c([2H])c(-c5c([2H])c([2H])c6c(c5[2H])c([2H])c([2H])c5c([2H])c([2H])c([2H])c([2H])c56)c4[2H])c4c([2H])c([2H])c([2H])c([2H])c34)C2C([2H])=C1[2H]. The van der Waals surface area contributed by atoms with Crippen LogP contribution >= 0.6 is 0 Å². The molecule has 0 N–H and O–H groups in total. The fourth-order valence-corrected chi connectivity index (χ4v) is 5.50. The maximum Gasteiger partial charge on any atom is 0.0636 e. The average molecular weight is 587 g/mol. The smallest absolute Gasteiger partial charge is 0.0636 e. The van der Waals surface area contributed by atoms with Crippen molar-refractivity contribution in [2.45, 2.75) is 0 Å². The van der Waals surface area contributed by atoms with Gasteiger partial charge in [0.25, 0.3) is 0 Å². The zero-order chi connectivity index (χ0) is 53.4. The van der Waals surface area contributed by atoms with Crippen molar-refractivity contribution in [1.82, 2.24) is 0 Å². The van der Waals surface area contributed by atoms with Crippen LogP contribution in [-0.2, 0) is 0 Å². The molecule has 206 valence electrons. The third kappa shape index (κ3) is 3.92. The van der Waals surface area contributed by atoms with Crippen LogP contribution < -0.4 is 0 Å². The number of hydrogen-bond donors (Lipinski definition) is 0. The van der Waals surface area contributed by atoms with Crippen molar-refractivity contribution >= 4 is 48.7 Å². The molecule has 7 aromatic rings. The lowest BCUT2D eigenvalue weighted by Gasteiger charge is -2.29. The van der Waals surface area contributed by atoms with Gasteiger partial charge in [0.1, 0.15) is 0 Å². The molecule has 0 saturated heterocycles. The third-order valence-electron chi connectivity index (χ3n) is 7.42. The van der Waals surface area contributed by atoms with Gasteiger partial charge in [0, 0.05) is 11.8 Å². The molecule has 0 amide bonds. The Bertz CT molecular complexity index is 3870. The van der Waals surface area contributed by atoms with Crippen LogP contribution in [0.2, 0.25) is 0 Å². The summed E-state index contributed by atoms with van der Waals surface area (Å²) in [5.74, 6) is -3.55. The van der Waals surface area contributed by atoms with E-state index in [1.165, 1.54) is 0 Å². The van der Waals surface area contributed by atoms with Gasteiger partial charge >= 0.3 is 0 Å². The summed E-state index contributed by atoms with van der Waals surface area (Å²) >= 11 is 0. The van der Waals surface area contributed by atoms with E-state index in [9.17, 15) is 13.7 Å². The Kier molecular flexibility index (Phi) is 2.24. The molecule has 7 aromatic carbocycles. The predicted octanol–water partition coefficient (Wildman–Crippen LogP) is 11.9. The van der Waals surface area contributed by atoms with Gasteiger partial charge in [-0.15, -0.1) is 0 Å². The van der Waals surface area contributed by atoms with Crippen molar-refractivity contribution in [2.24, 2.45) is 11.8 Å². The van der Waals surface area contributed by atoms with E-state index in [-0.39, 0.29) is 0 Å². The first-order valence-corrected chi connectivity index (χ1v) is 13.2. The van der Waals surface area contributed by atoms with Crippen LogP contribution in [0.5, 0.6) is 0 Å². The average Bonchev–Trinajstić information content (AvgIpc) is 3.34. The Hall–Kier alpha value is -5.46. The van der Waals surface area contributed by atoms with Gasteiger partial charge in [0.2, 0.25) is 0 Å². The highest BCUT2D eigenvalue weighted by Gasteiger charge is 2.27. The van der Waals surface area contributed by atoms with E-state index in [4.69, 9.17) is 24.7 Å². The van der Waals surface area contributed by atoms with Crippen LogP contribution in [0, 0.1) is 11.8 Å². The summed E-state index contributed by atoms with van der Waals surface area (Å²) in [5.41, 5.74) is -4.68. The van der Waals surface area contributed by atoms with Gasteiger partial charge in [-0.25, -0.2) is 0 Å². The molecular weight excluding hydrogens is 528 g/mol. The molecule has 44 heavy (non-hydrogen) atoms. The van der Waals surface area contributed by atoms with Crippen molar-refractivity contribution in [1.29, 1.82) is 0 Å². The first-order valence-electron chi connectivity index (χ1n) is 27.2. The van der Waals surface area contributed by atoms with Gasteiger partial charge < -0.3 is 0 Å². The molecule has 0 heteroatoms. The number of benzene rings is 7. The van der Waals surface area contributed by atoms with Gasteiger partial charge in [-0.1, -0.05) is 157 Å². The molecule has 2 aliphatic carbocycles. The van der Waals surface area contributed by atoms with Crippen molar-refractivity contribution in [3.05, 3.63) is 175 Å². The van der Waals surface area contributed by atoms with Crippen LogP contribution in [0.1, 0.15) is 43.9 Å². The Morgan fingerprint density at radius 2 is 1.00 bits per heavy atom. The second-order valence-electron chi connectivity index (χ2n) is 9.80. The van der Waals surface area contributed by atoms with Crippen molar-refractivity contribution in [3.8, 4) is 22.3 Å². The van der Waals surface area contributed by atoms with E-state index in [0.717, 1.165) is 0 Å². The van der Waals surface area contributed by atoms with Crippen LogP contribution in [0.3, 0.4) is 0 Å². The van der Waals surface area contributed by atoms with Gasteiger partial charge in [-0.2, -0.15) is 0 Å². The molecule has 2 atom stereocenters. The lowest BCUT2D eigenvalue weighted by atomic mass is 9.74. The summed E-state index contributed by atoms with van der Waals surface area (Å²) in [6.07, 6.45) is 0. The summed E-state index contributed by atoms with van der Waals surface area (Å²) in [6.45, 7) is 0. The summed E-state index contributed by atoms with van der Waals surface area (Å²) in [4.78, 5) is 0. The molecule has 9 rings (SSSR count). The fourth-order valence-electron chi connectivity index (χ4n) is 5.50. The largest absolute Gasteiger partial charge is 0.0767 e. The number of allylic oxidation sites excluding steroid dienone is 8. The fraction of sp³-hybridized carbons (Fsp3) is 0.0455. The quantitative estimate of drug-likeness (QED) is 0.143. The van der Waals surface area contributed by atoms with Crippen molar-refractivity contribution < 1.29 is 38.4 Å². The maximum absolute atomic E-state index is 9.84. The number of hydrogen-bond acceptors (Lipinski definition) is 0. The second-order valence-corrected chi connectivity index (χ2v) is 9.80. The molecule has 0 fully saturated rings. The second kappa shape index (κ2) is 10.1. The minimum atomic E-state index is -1.82. The Morgan fingerprint density at radius 3 is 1.80 bits per heavy atom. The molecule has 0 heterocycles. The summed E-state index contributed by atoms with van der Waals surface area (Å²) < 4.78 is 252. The molecule has 0 aliphatic heterocycles. The zero-order valence-corrected chi connectivity index (χ0v) is 22.2. The van der Waals surface area contributed by atoms with E-state index < -0.39 is 258 Å². The molecule has 0 spiro atoms. The number of rotatable bonds is 3. The highest BCUT2D eigenvalue weighted by molar-refractivity contribution is 6.19. The normalized spacial score (nSPS) is 27.9. The number of fused-ring (bicyclic) bond motifs is 6. The van der Waals surface area contributed by atoms with Crippen LogP contribution in [0.25, 0.3) is 70.9 Å². The molecule has 0 saturated carbocycles. The van der Waals surface area contributed by atoms with Crippen LogP contribution in [0.15, 0.2) is 169 Å². The first kappa shape index (κ1) is 9.78.